The number of amides is 1. The molecule has 0 saturated heterocycles. The van der Waals surface area contributed by atoms with Crippen molar-refractivity contribution in [2.24, 2.45) is 0 Å². The van der Waals surface area contributed by atoms with Gasteiger partial charge in [0, 0.05) is 0 Å². The Morgan fingerprint density at radius 3 is 2.50 bits per heavy atom. The smallest absolute Gasteiger partial charge is 0.404 e. The summed E-state index contributed by atoms with van der Waals surface area (Å²) in [7, 11) is 0. The van der Waals surface area contributed by atoms with Crippen LogP contribution >= 0.6 is 23.2 Å². The van der Waals surface area contributed by atoms with Gasteiger partial charge in [-0.2, -0.15) is 0 Å². The monoisotopic (exact) mass is 350 g/mol. The van der Waals surface area contributed by atoms with Crippen molar-refractivity contribution in [3.8, 4) is 5.75 Å². The highest BCUT2D eigenvalue weighted by Gasteiger charge is 2.32. The minimum atomic E-state index is -4.88. The van der Waals surface area contributed by atoms with Crippen LogP contribution in [0.4, 0.5) is 18.9 Å². The summed E-state index contributed by atoms with van der Waals surface area (Å²) in [4.78, 5) is 15.8. The zero-order valence-electron chi connectivity index (χ0n) is 10.6. The number of nitrogens with zero attached hydrogens (tertiary/aromatic N) is 1. The largest absolute Gasteiger partial charge is 0.573 e. The first-order chi connectivity index (χ1) is 10.3. The van der Waals surface area contributed by atoms with Crippen LogP contribution in [0.1, 0.15) is 10.5 Å². The van der Waals surface area contributed by atoms with Gasteiger partial charge in [0.15, 0.2) is 5.75 Å². The highest BCUT2D eigenvalue weighted by Crippen LogP contribution is 2.30. The minimum absolute atomic E-state index is 0.0103. The van der Waals surface area contributed by atoms with Crippen molar-refractivity contribution in [3.05, 3.63) is 52.3 Å². The van der Waals surface area contributed by atoms with Crippen LogP contribution in [0.15, 0.2) is 36.4 Å². The number of alkyl halides is 3. The van der Waals surface area contributed by atoms with Crippen molar-refractivity contribution in [2.45, 2.75) is 6.36 Å². The minimum Gasteiger partial charge on any atom is -0.404 e. The van der Waals surface area contributed by atoms with Crippen molar-refractivity contribution in [1.29, 1.82) is 0 Å². The van der Waals surface area contributed by atoms with Gasteiger partial charge in [-0.3, -0.25) is 4.79 Å². The number of nitrogens with one attached hydrogen (secondary N) is 1. The number of ether oxygens (including phenoxy) is 1. The third kappa shape index (κ3) is 4.25. The lowest BCUT2D eigenvalue weighted by Gasteiger charge is -2.13. The summed E-state index contributed by atoms with van der Waals surface area (Å²) >= 11 is 11.5. The summed E-state index contributed by atoms with van der Waals surface area (Å²) in [5.41, 5.74) is -0.390. The van der Waals surface area contributed by atoms with E-state index in [1.165, 1.54) is 30.3 Å². The maximum atomic E-state index is 12.3. The first-order valence-electron chi connectivity index (χ1n) is 5.74. The van der Waals surface area contributed by atoms with Crippen LogP contribution in [0.5, 0.6) is 5.75 Å². The molecule has 0 fully saturated rings. The molecule has 0 spiro atoms. The van der Waals surface area contributed by atoms with Crippen molar-refractivity contribution < 1.29 is 22.7 Å². The summed E-state index contributed by atoms with van der Waals surface area (Å²) in [6.45, 7) is 0. The number of hydrogen-bond donors (Lipinski definition) is 1. The molecule has 0 radical (unpaired) electrons. The second kappa shape index (κ2) is 6.41. The molecule has 116 valence electrons. The van der Waals surface area contributed by atoms with E-state index in [1.54, 1.807) is 0 Å². The molecule has 4 nitrogen and oxygen atoms in total. The molecule has 2 rings (SSSR count). The Morgan fingerprint density at radius 1 is 1.14 bits per heavy atom. The maximum Gasteiger partial charge on any atom is 0.573 e. The first kappa shape index (κ1) is 16.4. The van der Waals surface area contributed by atoms with Gasteiger partial charge in [0.2, 0.25) is 0 Å². The molecule has 1 aromatic heterocycles. The van der Waals surface area contributed by atoms with Crippen LogP contribution in [0, 0.1) is 0 Å². The first-order valence-corrected chi connectivity index (χ1v) is 6.50. The van der Waals surface area contributed by atoms with Crippen molar-refractivity contribution in [2.75, 3.05) is 5.32 Å². The average Bonchev–Trinajstić information content (AvgIpc) is 2.42. The quantitative estimate of drug-likeness (QED) is 0.826. The lowest BCUT2D eigenvalue weighted by atomic mass is 10.2. The predicted octanol–water partition coefficient (Wildman–Crippen LogP) is 4.54. The number of hydrogen-bond acceptors (Lipinski definition) is 3. The fraction of sp³-hybridized carbons (Fsp3) is 0.0769. The van der Waals surface area contributed by atoms with Gasteiger partial charge in [0.05, 0.1) is 10.7 Å². The molecule has 9 heteroatoms. The SMILES string of the molecule is O=C(Nc1ccccc1OC(F)(F)F)c1nc(Cl)ccc1Cl. The number of rotatable bonds is 3. The molecular formula is C13H7Cl2F3N2O2. The molecular weight excluding hydrogens is 344 g/mol. The number of anilines is 1. The number of benzene rings is 1. The van der Waals surface area contributed by atoms with E-state index in [0.717, 1.165) is 6.07 Å². The molecule has 1 aromatic carbocycles. The summed E-state index contributed by atoms with van der Waals surface area (Å²) in [5, 5.41) is 2.28. The molecule has 0 aliphatic heterocycles. The van der Waals surface area contributed by atoms with Crippen LogP contribution in [-0.2, 0) is 0 Å². The number of aromatic nitrogens is 1. The van der Waals surface area contributed by atoms with E-state index in [0.29, 0.717) is 0 Å². The van der Waals surface area contributed by atoms with Crippen LogP contribution in [0.25, 0.3) is 0 Å². The summed E-state index contributed by atoms with van der Waals surface area (Å²) in [6, 6.07) is 7.81. The Labute approximate surface area is 132 Å². The Hall–Kier alpha value is -1.99. The van der Waals surface area contributed by atoms with Crippen LogP contribution < -0.4 is 10.1 Å². The van der Waals surface area contributed by atoms with E-state index < -0.39 is 18.0 Å². The Bertz CT molecular complexity index is 708. The molecule has 0 atom stereocenters. The van der Waals surface area contributed by atoms with Crippen LogP contribution in [0.2, 0.25) is 10.2 Å². The number of halogens is 5. The lowest BCUT2D eigenvalue weighted by Crippen LogP contribution is -2.20. The van der Waals surface area contributed by atoms with Crippen LogP contribution in [0.3, 0.4) is 0 Å². The summed E-state index contributed by atoms with van der Waals surface area (Å²) in [6.07, 6.45) is -4.88. The van der Waals surface area contributed by atoms with E-state index in [-0.39, 0.29) is 21.6 Å². The molecule has 0 saturated carbocycles. The molecule has 1 N–H and O–H groups in total. The highest BCUT2D eigenvalue weighted by atomic mass is 35.5. The molecule has 1 amide bonds. The van der Waals surface area contributed by atoms with Crippen LogP contribution in [-0.4, -0.2) is 17.3 Å². The zero-order valence-corrected chi connectivity index (χ0v) is 12.1. The Kier molecular flexibility index (Phi) is 4.77. The van der Waals surface area contributed by atoms with E-state index >= 15 is 0 Å². The normalized spacial score (nSPS) is 11.1. The topological polar surface area (TPSA) is 51.2 Å². The zero-order chi connectivity index (χ0) is 16.3. The van der Waals surface area contributed by atoms with Gasteiger partial charge in [0.25, 0.3) is 5.91 Å². The third-order valence-electron chi connectivity index (χ3n) is 2.39. The van der Waals surface area contributed by atoms with E-state index in [2.05, 4.69) is 15.0 Å². The van der Waals surface area contributed by atoms with Crippen molar-refractivity contribution in [3.63, 3.8) is 0 Å². The molecule has 0 bridgehead atoms. The van der Waals surface area contributed by atoms with E-state index in [9.17, 15) is 18.0 Å². The van der Waals surface area contributed by atoms with Gasteiger partial charge in [-0.15, -0.1) is 13.2 Å². The van der Waals surface area contributed by atoms with Crippen molar-refractivity contribution >= 4 is 34.8 Å². The summed E-state index contributed by atoms with van der Waals surface area (Å²) < 4.78 is 40.8. The van der Waals surface area contributed by atoms with E-state index in [1.807, 2.05) is 0 Å². The number of carbonyl (C=O) groups excluding carboxylic acids is 1. The maximum absolute atomic E-state index is 12.3. The number of carbonyl (C=O) groups is 1. The third-order valence-corrected chi connectivity index (χ3v) is 2.90. The van der Waals surface area contributed by atoms with Gasteiger partial charge in [0.1, 0.15) is 10.8 Å². The Morgan fingerprint density at radius 2 is 1.82 bits per heavy atom. The van der Waals surface area contributed by atoms with Gasteiger partial charge in [-0.1, -0.05) is 35.3 Å². The molecule has 2 aromatic rings. The average molecular weight is 351 g/mol. The van der Waals surface area contributed by atoms with Gasteiger partial charge in [-0.25, -0.2) is 4.98 Å². The summed E-state index contributed by atoms with van der Waals surface area (Å²) in [5.74, 6) is -1.37. The Balaban J connectivity index is 2.27. The van der Waals surface area contributed by atoms with E-state index in [4.69, 9.17) is 23.2 Å². The van der Waals surface area contributed by atoms with Gasteiger partial charge >= 0.3 is 6.36 Å². The second-order valence-electron chi connectivity index (χ2n) is 3.96. The fourth-order valence-corrected chi connectivity index (χ4v) is 1.88. The van der Waals surface area contributed by atoms with Gasteiger partial charge < -0.3 is 10.1 Å². The molecule has 0 aliphatic carbocycles. The van der Waals surface area contributed by atoms with Gasteiger partial charge in [-0.05, 0) is 24.3 Å². The predicted molar refractivity (Wildman–Crippen MR) is 75.3 cm³/mol. The molecule has 1 heterocycles. The highest BCUT2D eigenvalue weighted by molar-refractivity contribution is 6.35. The molecule has 0 aliphatic rings. The second-order valence-corrected chi connectivity index (χ2v) is 4.76. The number of pyridine rings is 1. The lowest BCUT2D eigenvalue weighted by molar-refractivity contribution is -0.274. The number of para-hydroxylation sites is 2. The molecule has 0 unspecified atom stereocenters. The standard InChI is InChI=1S/C13H7Cl2F3N2O2/c14-7-5-6-10(15)20-11(7)12(21)19-8-3-1-2-4-9(8)22-13(16,17)18/h1-6H,(H,19,21). The van der Waals surface area contributed by atoms with Crippen molar-refractivity contribution in [1.82, 2.24) is 4.98 Å². The fourth-order valence-electron chi connectivity index (χ4n) is 1.54. The molecule has 22 heavy (non-hydrogen) atoms.